The van der Waals surface area contributed by atoms with Crippen LogP contribution in [0.1, 0.15) is 32.1 Å². The molecule has 0 radical (unpaired) electrons. The first-order chi connectivity index (χ1) is 9.47. The summed E-state index contributed by atoms with van der Waals surface area (Å²) in [7, 11) is -3.14. The Bertz CT molecular complexity index is 471. The van der Waals surface area contributed by atoms with Crippen LogP contribution in [0.5, 0.6) is 0 Å². The minimum absolute atomic E-state index is 0.128. The average Bonchev–Trinajstić information content (AvgIpc) is 2.45. The van der Waals surface area contributed by atoms with Gasteiger partial charge in [-0.1, -0.05) is 12.0 Å². The van der Waals surface area contributed by atoms with Crippen LogP contribution in [0.3, 0.4) is 0 Å². The van der Waals surface area contributed by atoms with E-state index in [1.807, 2.05) is 6.20 Å². The van der Waals surface area contributed by atoms with Crippen molar-refractivity contribution in [1.82, 2.24) is 14.5 Å². The van der Waals surface area contributed by atoms with Crippen LogP contribution in [-0.4, -0.2) is 56.1 Å². The third kappa shape index (κ3) is 4.21. The van der Waals surface area contributed by atoms with E-state index in [1.54, 1.807) is 4.90 Å². The lowest BCUT2D eigenvalue weighted by Crippen LogP contribution is -2.52. The summed E-state index contributed by atoms with van der Waals surface area (Å²) in [6.07, 6.45) is 8.87. The van der Waals surface area contributed by atoms with E-state index in [2.05, 4.69) is 5.32 Å². The molecule has 6 nitrogen and oxygen atoms in total. The van der Waals surface area contributed by atoms with Gasteiger partial charge in [0.25, 0.3) is 0 Å². The highest BCUT2D eigenvalue weighted by atomic mass is 32.2. The van der Waals surface area contributed by atoms with Crippen LogP contribution in [0.2, 0.25) is 0 Å². The van der Waals surface area contributed by atoms with Crippen molar-refractivity contribution in [3.8, 4) is 0 Å². The van der Waals surface area contributed by atoms with Gasteiger partial charge in [0.05, 0.1) is 6.26 Å². The fourth-order valence-corrected chi connectivity index (χ4v) is 3.45. The van der Waals surface area contributed by atoms with Crippen LogP contribution in [-0.2, 0) is 10.0 Å². The normalized spacial score (nSPS) is 21.6. The average molecular weight is 301 g/mol. The predicted octanol–water partition coefficient (Wildman–Crippen LogP) is 1.12. The van der Waals surface area contributed by atoms with E-state index in [0.29, 0.717) is 26.2 Å². The molecule has 1 aliphatic carbocycles. The largest absolute Gasteiger partial charge is 0.322 e. The van der Waals surface area contributed by atoms with Crippen molar-refractivity contribution in [2.24, 2.45) is 0 Å². The molecule has 1 saturated carbocycles. The van der Waals surface area contributed by atoms with Crippen molar-refractivity contribution in [3.63, 3.8) is 0 Å². The number of nitrogens with zero attached hydrogens (tertiary/aromatic N) is 2. The summed E-state index contributed by atoms with van der Waals surface area (Å²) < 4.78 is 24.2. The number of sulfonamides is 1. The molecule has 2 rings (SSSR count). The van der Waals surface area contributed by atoms with Crippen molar-refractivity contribution in [1.29, 1.82) is 0 Å². The second kappa shape index (κ2) is 6.58. The smallest absolute Gasteiger partial charge is 0.321 e. The van der Waals surface area contributed by atoms with E-state index in [4.69, 9.17) is 0 Å². The van der Waals surface area contributed by atoms with Crippen molar-refractivity contribution in [3.05, 3.63) is 11.8 Å². The fourth-order valence-electron chi connectivity index (χ4n) is 2.63. The molecule has 1 N–H and O–H groups in total. The molecule has 0 unspecified atom stereocenters. The Kier molecular flexibility index (Phi) is 5.04. The van der Waals surface area contributed by atoms with Gasteiger partial charge in [0, 0.05) is 32.4 Å². The van der Waals surface area contributed by atoms with Crippen LogP contribution >= 0.6 is 0 Å². The summed E-state index contributed by atoms with van der Waals surface area (Å²) in [5.41, 5.74) is 1.30. The molecule has 2 amide bonds. The van der Waals surface area contributed by atoms with E-state index in [9.17, 15) is 13.2 Å². The Hall–Kier alpha value is -1.08. The standard InChI is InChI=1S/C13H23N3O3S/c1-20(18,19)16-9-7-15(8-10-16)13(17)14-11-12-5-3-2-4-6-12/h11H,2-10H2,1H3,(H,14,17). The van der Waals surface area contributed by atoms with Crippen LogP contribution in [0.15, 0.2) is 11.8 Å². The molecule has 0 atom stereocenters. The van der Waals surface area contributed by atoms with E-state index in [1.165, 1.54) is 35.4 Å². The number of allylic oxidation sites excluding steroid dienone is 1. The van der Waals surface area contributed by atoms with E-state index in [-0.39, 0.29) is 6.03 Å². The van der Waals surface area contributed by atoms with Crippen molar-refractivity contribution in [2.45, 2.75) is 32.1 Å². The molecule has 114 valence electrons. The molecular formula is C13H23N3O3S. The molecule has 0 aromatic heterocycles. The fraction of sp³-hybridized carbons (Fsp3) is 0.769. The molecule has 0 bridgehead atoms. The number of nitrogens with one attached hydrogen (secondary N) is 1. The lowest BCUT2D eigenvalue weighted by atomic mass is 9.96. The molecule has 1 aliphatic heterocycles. The first kappa shape index (κ1) is 15.3. The van der Waals surface area contributed by atoms with E-state index >= 15 is 0 Å². The quantitative estimate of drug-likeness (QED) is 0.831. The molecule has 1 saturated heterocycles. The highest BCUT2D eigenvalue weighted by Gasteiger charge is 2.25. The van der Waals surface area contributed by atoms with Crippen molar-refractivity contribution < 1.29 is 13.2 Å². The van der Waals surface area contributed by atoms with Crippen LogP contribution in [0, 0.1) is 0 Å². The number of carbonyl (C=O) groups is 1. The first-order valence-corrected chi connectivity index (χ1v) is 9.00. The number of amides is 2. The highest BCUT2D eigenvalue weighted by Crippen LogP contribution is 2.21. The number of carbonyl (C=O) groups excluding carboxylic acids is 1. The molecule has 0 aromatic carbocycles. The van der Waals surface area contributed by atoms with Crippen LogP contribution in [0.4, 0.5) is 4.79 Å². The third-order valence-corrected chi connectivity index (χ3v) is 5.19. The van der Waals surface area contributed by atoms with E-state index in [0.717, 1.165) is 12.8 Å². The van der Waals surface area contributed by atoms with Gasteiger partial charge < -0.3 is 10.2 Å². The molecular weight excluding hydrogens is 278 g/mol. The van der Waals surface area contributed by atoms with Gasteiger partial charge in [-0.3, -0.25) is 0 Å². The maximum absolute atomic E-state index is 12.0. The number of piperazine rings is 1. The summed E-state index contributed by atoms with van der Waals surface area (Å²) in [5, 5.41) is 2.83. The number of hydrogen-bond donors (Lipinski definition) is 1. The van der Waals surface area contributed by atoms with Crippen molar-refractivity contribution in [2.75, 3.05) is 32.4 Å². The van der Waals surface area contributed by atoms with Crippen LogP contribution in [0.25, 0.3) is 0 Å². The topological polar surface area (TPSA) is 69.7 Å². The summed E-state index contributed by atoms with van der Waals surface area (Å²) in [6.45, 7) is 1.65. The molecule has 2 fully saturated rings. The predicted molar refractivity (Wildman–Crippen MR) is 77.7 cm³/mol. The van der Waals surface area contributed by atoms with Gasteiger partial charge in [0.1, 0.15) is 0 Å². The Balaban J connectivity index is 1.80. The highest BCUT2D eigenvalue weighted by molar-refractivity contribution is 7.88. The zero-order valence-electron chi connectivity index (χ0n) is 12.0. The lowest BCUT2D eigenvalue weighted by molar-refractivity contribution is 0.175. The Morgan fingerprint density at radius 2 is 1.70 bits per heavy atom. The Morgan fingerprint density at radius 3 is 2.25 bits per heavy atom. The third-order valence-electron chi connectivity index (χ3n) is 3.89. The number of hydrogen-bond acceptors (Lipinski definition) is 3. The SMILES string of the molecule is CS(=O)(=O)N1CCN(C(=O)NC=C2CCCCC2)CC1. The summed E-state index contributed by atoms with van der Waals surface area (Å²) in [4.78, 5) is 13.7. The van der Waals surface area contributed by atoms with Crippen molar-refractivity contribution >= 4 is 16.1 Å². The Labute approximate surface area is 120 Å². The van der Waals surface area contributed by atoms with Gasteiger partial charge in [-0.2, -0.15) is 4.31 Å². The molecule has 0 spiro atoms. The second-order valence-electron chi connectivity index (χ2n) is 5.46. The van der Waals surface area contributed by atoms with Gasteiger partial charge in [-0.15, -0.1) is 0 Å². The number of urea groups is 1. The number of rotatable bonds is 2. The van der Waals surface area contributed by atoms with Gasteiger partial charge in [-0.05, 0) is 25.7 Å². The van der Waals surface area contributed by atoms with Gasteiger partial charge in [0.15, 0.2) is 0 Å². The zero-order valence-corrected chi connectivity index (χ0v) is 12.8. The molecule has 0 aromatic rings. The summed E-state index contributed by atoms with van der Waals surface area (Å²) in [6, 6.07) is -0.128. The molecule has 20 heavy (non-hydrogen) atoms. The maximum Gasteiger partial charge on any atom is 0.321 e. The minimum Gasteiger partial charge on any atom is -0.322 e. The van der Waals surface area contributed by atoms with Gasteiger partial charge >= 0.3 is 6.03 Å². The molecule has 2 aliphatic rings. The lowest BCUT2D eigenvalue weighted by Gasteiger charge is -2.33. The first-order valence-electron chi connectivity index (χ1n) is 7.15. The second-order valence-corrected chi connectivity index (χ2v) is 7.44. The maximum atomic E-state index is 12.0. The molecule has 1 heterocycles. The van der Waals surface area contributed by atoms with Crippen LogP contribution < -0.4 is 5.32 Å². The van der Waals surface area contributed by atoms with Gasteiger partial charge in [-0.25, -0.2) is 13.2 Å². The van der Waals surface area contributed by atoms with E-state index < -0.39 is 10.0 Å². The zero-order chi connectivity index (χ0) is 14.6. The summed E-state index contributed by atoms with van der Waals surface area (Å²) >= 11 is 0. The molecule has 7 heteroatoms. The summed E-state index contributed by atoms with van der Waals surface area (Å²) in [5.74, 6) is 0. The van der Waals surface area contributed by atoms with Gasteiger partial charge in [0.2, 0.25) is 10.0 Å². The Morgan fingerprint density at radius 1 is 1.10 bits per heavy atom. The minimum atomic E-state index is -3.14. The monoisotopic (exact) mass is 301 g/mol.